The van der Waals surface area contributed by atoms with Crippen LogP contribution in [-0.4, -0.2) is 9.55 Å². The van der Waals surface area contributed by atoms with E-state index in [1.54, 1.807) is 0 Å². The van der Waals surface area contributed by atoms with Gasteiger partial charge in [0.15, 0.2) is 0 Å². The van der Waals surface area contributed by atoms with Crippen LogP contribution in [0.2, 0.25) is 0 Å². The second-order valence-corrected chi connectivity index (χ2v) is 5.41. The van der Waals surface area contributed by atoms with Gasteiger partial charge in [-0.15, -0.1) is 0 Å². The molecule has 0 spiro atoms. The number of rotatable bonds is 5. The van der Waals surface area contributed by atoms with Crippen molar-refractivity contribution < 1.29 is 0 Å². The average molecular weight is 242 g/mol. The van der Waals surface area contributed by atoms with Gasteiger partial charge in [0.25, 0.3) is 0 Å². The molecule has 0 bridgehead atoms. The van der Waals surface area contributed by atoms with Gasteiger partial charge in [0.05, 0.1) is 6.33 Å². The first-order valence-corrected chi connectivity index (χ1v) is 6.70. The summed E-state index contributed by atoms with van der Waals surface area (Å²) in [6, 6.07) is 11.2. The van der Waals surface area contributed by atoms with Crippen LogP contribution in [0.4, 0.5) is 0 Å². The van der Waals surface area contributed by atoms with E-state index in [9.17, 15) is 0 Å². The third-order valence-corrected chi connectivity index (χ3v) is 3.54. The first kappa shape index (κ1) is 12.9. The fourth-order valence-corrected chi connectivity index (χ4v) is 2.85. The van der Waals surface area contributed by atoms with Crippen LogP contribution >= 0.6 is 0 Å². The summed E-state index contributed by atoms with van der Waals surface area (Å²) in [6.07, 6.45) is 6.99. The minimum Gasteiger partial charge on any atom is -0.334 e. The van der Waals surface area contributed by atoms with E-state index in [2.05, 4.69) is 66.9 Å². The summed E-state index contributed by atoms with van der Waals surface area (Å²) >= 11 is 0. The van der Waals surface area contributed by atoms with Crippen molar-refractivity contribution >= 4 is 0 Å². The predicted molar refractivity (Wildman–Crippen MR) is 75.4 cm³/mol. The van der Waals surface area contributed by atoms with Crippen molar-refractivity contribution in [2.75, 3.05) is 0 Å². The molecule has 0 aliphatic rings. The van der Waals surface area contributed by atoms with Gasteiger partial charge < -0.3 is 4.57 Å². The van der Waals surface area contributed by atoms with E-state index in [-0.39, 0.29) is 0 Å². The molecular formula is C16H22N2. The third kappa shape index (κ3) is 3.00. The largest absolute Gasteiger partial charge is 0.334 e. The summed E-state index contributed by atoms with van der Waals surface area (Å²) < 4.78 is 2.25. The highest BCUT2D eigenvalue weighted by Gasteiger charge is 2.22. The number of nitrogens with zero attached hydrogens (tertiary/aromatic N) is 2. The molecule has 96 valence electrons. The number of hydrogen-bond donors (Lipinski definition) is 0. The van der Waals surface area contributed by atoms with E-state index in [0.717, 1.165) is 6.42 Å². The van der Waals surface area contributed by atoms with Crippen molar-refractivity contribution in [3.8, 4) is 0 Å². The number of aromatic nitrogens is 2. The van der Waals surface area contributed by atoms with E-state index in [4.69, 9.17) is 0 Å². The average Bonchev–Trinajstić information content (AvgIpc) is 2.83. The molecule has 0 saturated heterocycles. The van der Waals surface area contributed by atoms with Gasteiger partial charge in [0.1, 0.15) is 0 Å². The maximum absolute atomic E-state index is 4.18. The van der Waals surface area contributed by atoms with E-state index >= 15 is 0 Å². The minimum absolute atomic E-state index is 0.507. The third-order valence-electron chi connectivity index (χ3n) is 3.54. The van der Waals surface area contributed by atoms with E-state index < -0.39 is 0 Å². The highest BCUT2D eigenvalue weighted by atomic mass is 15.1. The van der Waals surface area contributed by atoms with Crippen LogP contribution in [0.3, 0.4) is 0 Å². The van der Waals surface area contributed by atoms with Gasteiger partial charge in [-0.2, -0.15) is 0 Å². The van der Waals surface area contributed by atoms with Crippen LogP contribution in [-0.2, 0) is 6.42 Å². The zero-order chi connectivity index (χ0) is 13.0. The lowest BCUT2D eigenvalue weighted by Crippen LogP contribution is -2.23. The van der Waals surface area contributed by atoms with Gasteiger partial charge in [0.2, 0.25) is 0 Å². The van der Waals surface area contributed by atoms with Crippen LogP contribution < -0.4 is 0 Å². The topological polar surface area (TPSA) is 17.8 Å². The van der Waals surface area contributed by atoms with Gasteiger partial charge in [-0.05, 0) is 23.8 Å². The van der Waals surface area contributed by atoms with Crippen LogP contribution in [0.1, 0.15) is 32.4 Å². The predicted octanol–water partition coefficient (Wildman–Crippen LogP) is 3.96. The first-order valence-electron chi connectivity index (χ1n) is 6.70. The van der Waals surface area contributed by atoms with Gasteiger partial charge in [-0.1, -0.05) is 51.1 Å². The van der Waals surface area contributed by atoms with Crippen molar-refractivity contribution in [1.29, 1.82) is 0 Å². The summed E-state index contributed by atoms with van der Waals surface area (Å²) in [4.78, 5) is 4.18. The van der Waals surface area contributed by atoms with Crippen molar-refractivity contribution in [3.05, 3.63) is 54.6 Å². The van der Waals surface area contributed by atoms with Crippen LogP contribution in [0.25, 0.3) is 0 Å². The molecule has 0 aliphatic carbocycles. The monoisotopic (exact) mass is 242 g/mol. The Morgan fingerprint density at radius 3 is 2.39 bits per heavy atom. The molecule has 1 aromatic heterocycles. The summed E-state index contributed by atoms with van der Waals surface area (Å²) in [6.45, 7) is 6.90. The quantitative estimate of drug-likeness (QED) is 0.776. The van der Waals surface area contributed by atoms with E-state index in [0.29, 0.717) is 17.9 Å². The molecule has 2 rings (SSSR count). The van der Waals surface area contributed by atoms with Crippen LogP contribution in [0.5, 0.6) is 0 Å². The summed E-state index contributed by atoms with van der Waals surface area (Å²) in [5.41, 5.74) is 1.41. The smallest absolute Gasteiger partial charge is 0.0948 e. The summed E-state index contributed by atoms with van der Waals surface area (Å²) in [5.74, 6) is 1.21. The first-order chi connectivity index (χ1) is 8.68. The lowest BCUT2D eigenvalue weighted by Gasteiger charge is -2.29. The Hall–Kier alpha value is -1.57. The maximum Gasteiger partial charge on any atom is 0.0948 e. The molecule has 18 heavy (non-hydrogen) atoms. The molecule has 2 atom stereocenters. The molecule has 0 aliphatic heterocycles. The standard InChI is InChI=1S/C16H22N2/c1-13(2)16(18-10-9-17-12-18)14(3)11-15-7-5-4-6-8-15/h4-10,12-14,16H,11H2,1-3H3. The van der Waals surface area contributed by atoms with Crippen LogP contribution in [0.15, 0.2) is 49.1 Å². The normalized spacial score (nSPS) is 14.7. The lowest BCUT2D eigenvalue weighted by molar-refractivity contribution is 0.269. The highest BCUT2D eigenvalue weighted by molar-refractivity contribution is 5.15. The van der Waals surface area contributed by atoms with Crippen molar-refractivity contribution in [2.24, 2.45) is 11.8 Å². The minimum atomic E-state index is 0.507. The molecule has 2 unspecified atom stereocenters. The molecule has 0 saturated carbocycles. The molecule has 2 nitrogen and oxygen atoms in total. The van der Waals surface area contributed by atoms with Gasteiger partial charge in [-0.25, -0.2) is 4.98 Å². The fraction of sp³-hybridized carbons (Fsp3) is 0.438. The maximum atomic E-state index is 4.18. The van der Waals surface area contributed by atoms with Crippen LogP contribution in [0, 0.1) is 11.8 Å². The molecule has 0 amide bonds. The molecule has 0 N–H and O–H groups in total. The number of hydrogen-bond acceptors (Lipinski definition) is 1. The number of benzene rings is 1. The van der Waals surface area contributed by atoms with Gasteiger partial charge in [0, 0.05) is 18.4 Å². The second-order valence-electron chi connectivity index (χ2n) is 5.41. The van der Waals surface area contributed by atoms with E-state index in [1.165, 1.54) is 5.56 Å². The van der Waals surface area contributed by atoms with Crippen molar-refractivity contribution in [2.45, 2.75) is 33.2 Å². The van der Waals surface area contributed by atoms with Gasteiger partial charge >= 0.3 is 0 Å². The number of imidazole rings is 1. The Bertz CT molecular complexity index is 445. The highest BCUT2D eigenvalue weighted by Crippen LogP contribution is 2.28. The van der Waals surface area contributed by atoms with Crippen molar-refractivity contribution in [1.82, 2.24) is 9.55 Å². The SMILES string of the molecule is CC(C)C(C(C)Cc1ccccc1)n1ccnc1. The Morgan fingerprint density at radius 2 is 1.83 bits per heavy atom. The zero-order valence-electron chi connectivity index (χ0n) is 11.5. The molecule has 2 heteroatoms. The molecule has 2 aromatic rings. The Balaban J connectivity index is 2.12. The van der Waals surface area contributed by atoms with Crippen molar-refractivity contribution in [3.63, 3.8) is 0 Å². The molecular weight excluding hydrogens is 220 g/mol. The Morgan fingerprint density at radius 1 is 1.11 bits per heavy atom. The lowest BCUT2D eigenvalue weighted by atomic mass is 9.87. The fourth-order valence-electron chi connectivity index (χ4n) is 2.85. The summed E-state index contributed by atoms with van der Waals surface area (Å²) in [7, 11) is 0. The Kier molecular flexibility index (Phi) is 4.19. The summed E-state index contributed by atoms with van der Waals surface area (Å²) in [5, 5.41) is 0. The Labute approximate surface area is 110 Å². The zero-order valence-corrected chi connectivity index (χ0v) is 11.5. The second kappa shape index (κ2) is 5.85. The molecule has 1 aromatic carbocycles. The van der Waals surface area contributed by atoms with Gasteiger partial charge in [-0.3, -0.25) is 0 Å². The molecule has 0 fully saturated rings. The molecule has 0 radical (unpaired) electrons. The molecule has 1 heterocycles. The van der Waals surface area contributed by atoms with E-state index in [1.807, 2.05) is 12.5 Å².